The molecule has 0 aliphatic heterocycles. The van der Waals surface area contributed by atoms with Crippen LogP contribution in [0.3, 0.4) is 0 Å². The van der Waals surface area contributed by atoms with Gasteiger partial charge in [0, 0.05) is 6.61 Å². The molecule has 0 heterocycles. The lowest BCUT2D eigenvalue weighted by molar-refractivity contribution is -0.359. The zero-order valence-electron chi connectivity index (χ0n) is 8.77. The first-order valence-electron chi connectivity index (χ1n) is 4.28. The molecule has 116 valence electrons. The van der Waals surface area contributed by atoms with Crippen LogP contribution in [0.5, 0.6) is 0 Å². The van der Waals surface area contributed by atoms with Gasteiger partial charge in [-0.2, -0.15) is 39.5 Å². The molecule has 0 atom stereocenters. The van der Waals surface area contributed by atoms with Crippen LogP contribution in [0.4, 0.5) is 39.5 Å². The van der Waals surface area contributed by atoms with E-state index in [2.05, 4.69) is 4.43 Å². The lowest BCUT2D eigenvalue weighted by Gasteiger charge is -2.43. The largest absolute Gasteiger partial charge is 0.425 e. The van der Waals surface area contributed by atoms with Crippen LogP contribution in [0.15, 0.2) is 0 Å². The van der Waals surface area contributed by atoms with Gasteiger partial charge in [0.25, 0.3) is 5.04 Å². The van der Waals surface area contributed by atoms with E-state index in [-0.39, 0.29) is 0 Å². The van der Waals surface area contributed by atoms with E-state index >= 15 is 0 Å². The molecule has 0 aliphatic carbocycles. The van der Waals surface area contributed by atoms with Gasteiger partial charge in [-0.3, -0.25) is 0 Å². The summed E-state index contributed by atoms with van der Waals surface area (Å²) in [5, 5.41) is -6.29. The predicted octanol–water partition coefficient (Wildman–Crippen LogP) is 4.87. The van der Waals surface area contributed by atoms with Crippen molar-refractivity contribution in [3.63, 3.8) is 0 Å². The first-order valence-corrected chi connectivity index (χ1v) is 8.21. The highest BCUT2D eigenvalue weighted by atomic mass is 35.7. The maximum Gasteiger partial charge on any atom is 0.425 e. The van der Waals surface area contributed by atoms with Crippen LogP contribution in [-0.4, -0.2) is 32.1 Å². The van der Waals surface area contributed by atoms with E-state index in [0.29, 0.717) is 0 Å². The summed E-state index contributed by atoms with van der Waals surface area (Å²) in [5.74, 6) is 0. The average Bonchev–Trinajstić information content (AvgIpc) is 1.91. The van der Waals surface area contributed by atoms with Crippen LogP contribution in [0.2, 0.25) is 5.04 Å². The molecule has 0 N–H and O–H groups in total. The molecule has 0 saturated carbocycles. The Labute approximate surface area is 111 Å². The predicted molar refractivity (Wildman–Crippen MR) is 49.9 cm³/mol. The van der Waals surface area contributed by atoms with Gasteiger partial charge in [0.2, 0.25) is 0 Å². The molecule has 0 aromatic rings. The second kappa shape index (κ2) is 5.15. The third-order valence-corrected chi connectivity index (χ3v) is 6.77. The van der Waals surface area contributed by atoms with Crippen molar-refractivity contribution in [1.82, 2.24) is 0 Å². The number of halogens is 11. The van der Waals surface area contributed by atoms with Crippen molar-refractivity contribution < 1.29 is 43.9 Å². The standard InChI is InChI=1S/C6H5Cl2F9OSi/c1-2-18-19(7,8)3(4(9,10)11,5(12,13)14)6(15,16)17/h2H2,1H3. The maximum absolute atomic E-state index is 12.5. The molecule has 1 nitrogen and oxygen atoms in total. The van der Waals surface area contributed by atoms with Crippen LogP contribution >= 0.6 is 22.2 Å². The van der Waals surface area contributed by atoms with E-state index in [9.17, 15) is 39.5 Å². The Balaban J connectivity index is 6.44. The minimum absolute atomic E-state index is 0.862. The summed E-state index contributed by atoms with van der Waals surface area (Å²) >= 11 is 9.47. The number of hydrogen-bond acceptors (Lipinski definition) is 1. The van der Waals surface area contributed by atoms with Crippen molar-refractivity contribution in [1.29, 1.82) is 0 Å². The summed E-state index contributed by atoms with van der Waals surface area (Å²) in [4.78, 5) is 0. The molecule has 0 rings (SSSR count). The molecule has 0 saturated heterocycles. The Kier molecular flexibility index (Phi) is 5.19. The average molecular weight is 363 g/mol. The van der Waals surface area contributed by atoms with Gasteiger partial charge in [-0.25, -0.2) is 0 Å². The fourth-order valence-electron chi connectivity index (χ4n) is 1.27. The highest BCUT2D eigenvalue weighted by Gasteiger charge is 2.93. The van der Waals surface area contributed by atoms with Gasteiger partial charge in [0.1, 0.15) is 0 Å². The number of alkyl halides is 9. The third-order valence-electron chi connectivity index (χ3n) is 2.04. The van der Waals surface area contributed by atoms with Crippen LogP contribution < -0.4 is 0 Å². The first-order chi connectivity index (χ1) is 8.06. The molecule has 0 radical (unpaired) electrons. The van der Waals surface area contributed by atoms with E-state index in [0.717, 1.165) is 6.92 Å². The van der Waals surface area contributed by atoms with Gasteiger partial charge in [-0.15, -0.1) is 22.2 Å². The molecule has 0 aromatic heterocycles. The van der Waals surface area contributed by atoms with Crippen molar-refractivity contribution in [2.75, 3.05) is 6.61 Å². The van der Waals surface area contributed by atoms with Gasteiger partial charge >= 0.3 is 25.5 Å². The second-order valence-electron chi connectivity index (χ2n) is 3.19. The minimum atomic E-state index is -6.81. The normalized spacial score (nSPS) is 15.8. The monoisotopic (exact) mass is 362 g/mol. The topological polar surface area (TPSA) is 9.23 Å². The van der Waals surface area contributed by atoms with E-state index in [1.54, 1.807) is 0 Å². The van der Waals surface area contributed by atoms with E-state index < -0.39 is 37.1 Å². The van der Waals surface area contributed by atoms with Crippen LogP contribution in [-0.2, 0) is 4.43 Å². The molecule has 0 spiro atoms. The Morgan fingerprint density at radius 1 is 0.789 bits per heavy atom. The lowest BCUT2D eigenvalue weighted by atomic mass is 10.1. The quantitative estimate of drug-likeness (QED) is 0.395. The Morgan fingerprint density at radius 2 is 1.05 bits per heavy atom. The van der Waals surface area contributed by atoms with E-state index in [1.165, 1.54) is 0 Å². The summed E-state index contributed by atoms with van der Waals surface area (Å²) in [5.41, 5.74) is 0. The zero-order chi connectivity index (χ0) is 15.9. The summed E-state index contributed by atoms with van der Waals surface area (Å²) in [7, 11) is 0. The van der Waals surface area contributed by atoms with Crippen molar-refractivity contribution in [3.05, 3.63) is 0 Å². The molecule has 0 aliphatic rings. The number of rotatable bonds is 3. The lowest BCUT2D eigenvalue weighted by Crippen LogP contribution is -2.65. The third kappa shape index (κ3) is 2.93. The van der Waals surface area contributed by atoms with Crippen LogP contribution in [0.1, 0.15) is 6.92 Å². The highest BCUT2D eigenvalue weighted by molar-refractivity contribution is 7.43. The van der Waals surface area contributed by atoms with Crippen molar-refractivity contribution in [3.8, 4) is 0 Å². The van der Waals surface area contributed by atoms with Crippen molar-refractivity contribution in [2.45, 2.75) is 30.5 Å². The summed E-state index contributed by atoms with van der Waals surface area (Å²) in [6.07, 6.45) is -20.4. The van der Waals surface area contributed by atoms with Gasteiger partial charge in [0.15, 0.2) is 0 Å². The molecular weight excluding hydrogens is 358 g/mol. The maximum atomic E-state index is 12.5. The van der Waals surface area contributed by atoms with Gasteiger partial charge in [-0.1, -0.05) is 0 Å². The molecule has 0 amide bonds. The van der Waals surface area contributed by atoms with Crippen LogP contribution in [0, 0.1) is 0 Å². The SMILES string of the molecule is CCO[Si](Cl)(Cl)C(C(F)(F)F)(C(F)(F)F)C(F)(F)F. The fourth-order valence-corrected chi connectivity index (χ4v) is 5.42. The van der Waals surface area contributed by atoms with E-state index in [1.807, 2.05) is 0 Å². The number of hydrogen-bond donors (Lipinski definition) is 0. The molecule has 0 aromatic carbocycles. The van der Waals surface area contributed by atoms with Crippen molar-refractivity contribution in [2.24, 2.45) is 0 Å². The highest BCUT2D eigenvalue weighted by Crippen LogP contribution is 2.71. The molecule has 13 heteroatoms. The zero-order valence-corrected chi connectivity index (χ0v) is 11.3. The summed E-state index contributed by atoms with van der Waals surface area (Å²) < 4.78 is 117. The molecule has 0 fully saturated rings. The molecular formula is C6H5Cl2F9OSi. The first kappa shape index (κ1) is 19.1. The fraction of sp³-hybridized carbons (Fsp3) is 1.00. The van der Waals surface area contributed by atoms with Crippen LogP contribution in [0.25, 0.3) is 0 Å². The Morgan fingerprint density at radius 3 is 1.21 bits per heavy atom. The smallest absolute Gasteiger partial charge is 0.392 e. The Bertz CT molecular complexity index is 284. The van der Waals surface area contributed by atoms with Gasteiger partial charge in [-0.05, 0) is 6.92 Å². The van der Waals surface area contributed by atoms with Crippen molar-refractivity contribution >= 4 is 29.1 Å². The molecule has 0 unspecified atom stereocenters. The van der Waals surface area contributed by atoms with Gasteiger partial charge < -0.3 is 4.43 Å². The molecule has 19 heavy (non-hydrogen) atoms. The van der Waals surface area contributed by atoms with E-state index in [4.69, 9.17) is 22.2 Å². The Hall–Kier alpha value is 0.127. The second-order valence-corrected chi connectivity index (χ2v) is 9.04. The summed E-state index contributed by atoms with van der Waals surface area (Å²) in [6.45, 7) is -6.40. The molecule has 0 bridgehead atoms. The van der Waals surface area contributed by atoms with Gasteiger partial charge in [0.05, 0.1) is 0 Å². The minimum Gasteiger partial charge on any atom is -0.392 e. The summed E-state index contributed by atoms with van der Waals surface area (Å²) in [6, 6.07) is 0.